The first kappa shape index (κ1) is 13.9. The van der Waals surface area contributed by atoms with Crippen LogP contribution in [-0.4, -0.2) is 16.9 Å². The van der Waals surface area contributed by atoms with Crippen LogP contribution < -0.4 is 0 Å². The maximum atomic E-state index is 11.1. The average molecular weight is 212 g/mol. The summed E-state index contributed by atoms with van der Waals surface area (Å²) < 4.78 is 0. The number of carbonyl (C=O) groups excluding carboxylic acids is 1. The van der Waals surface area contributed by atoms with Crippen LogP contribution in [0.4, 0.5) is 0 Å². The molecule has 0 aliphatic heterocycles. The monoisotopic (exact) mass is 212 g/mol. The van der Waals surface area contributed by atoms with Crippen LogP contribution in [0.3, 0.4) is 0 Å². The van der Waals surface area contributed by atoms with Gasteiger partial charge in [0, 0.05) is 12.5 Å². The fourth-order valence-electron chi connectivity index (χ4n) is 1.33. The first-order valence-corrected chi connectivity index (χ1v) is 5.60. The topological polar surface area (TPSA) is 54.4 Å². The predicted molar refractivity (Wildman–Crippen MR) is 59.8 cm³/mol. The lowest BCUT2D eigenvalue weighted by Gasteiger charge is -1.98. The van der Waals surface area contributed by atoms with Gasteiger partial charge in [-0.05, 0) is 12.5 Å². The van der Waals surface area contributed by atoms with Crippen molar-refractivity contribution in [1.82, 2.24) is 0 Å². The molecule has 0 spiro atoms. The maximum absolute atomic E-state index is 11.1. The number of ketones is 1. The summed E-state index contributed by atoms with van der Waals surface area (Å²) >= 11 is 0. The molecule has 0 aliphatic rings. The van der Waals surface area contributed by atoms with E-state index in [0.29, 0.717) is 6.42 Å². The van der Waals surface area contributed by atoms with Gasteiger partial charge in [-0.25, -0.2) is 4.79 Å². The van der Waals surface area contributed by atoms with Crippen LogP contribution in [0.5, 0.6) is 0 Å². The van der Waals surface area contributed by atoms with Gasteiger partial charge in [0.2, 0.25) is 0 Å². The van der Waals surface area contributed by atoms with Crippen molar-refractivity contribution in [2.45, 2.75) is 51.9 Å². The van der Waals surface area contributed by atoms with Gasteiger partial charge < -0.3 is 5.11 Å². The van der Waals surface area contributed by atoms with Crippen LogP contribution in [0, 0.1) is 0 Å². The minimum absolute atomic E-state index is 0.0899. The third-order valence-electron chi connectivity index (χ3n) is 2.19. The number of carboxylic acid groups (broad SMARTS) is 1. The van der Waals surface area contributed by atoms with Gasteiger partial charge in [0.15, 0.2) is 5.78 Å². The number of hydrogen-bond acceptors (Lipinski definition) is 2. The van der Waals surface area contributed by atoms with Crippen molar-refractivity contribution in [3.8, 4) is 0 Å². The second-order valence-corrected chi connectivity index (χ2v) is 3.66. The highest BCUT2D eigenvalue weighted by molar-refractivity contribution is 5.95. The molecule has 0 amide bonds. The number of hydrogen-bond donors (Lipinski definition) is 1. The molecule has 0 aromatic carbocycles. The molecule has 15 heavy (non-hydrogen) atoms. The number of unbranched alkanes of at least 4 members (excludes halogenated alkanes) is 5. The zero-order chi connectivity index (χ0) is 11.5. The molecule has 1 N–H and O–H groups in total. The Bertz CT molecular complexity index is 219. The van der Waals surface area contributed by atoms with Crippen molar-refractivity contribution >= 4 is 11.8 Å². The Morgan fingerprint density at radius 1 is 1.00 bits per heavy atom. The van der Waals surface area contributed by atoms with E-state index in [1.165, 1.54) is 25.7 Å². The van der Waals surface area contributed by atoms with Crippen molar-refractivity contribution in [1.29, 1.82) is 0 Å². The van der Waals surface area contributed by atoms with Gasteiger partial charge >= 0.3 is 5.97 Å². The molecule has 0 aromatic heterocycles. The lowest BCUT2D eigenvalue weighted by Crippen LogP contribution is -1.95. The molecular formula is C12H20O3. The highest BCUT2D eigenvalue weighted by atomic mass is 16.4. The van der Waals surface area contributed by atoms with Gasteiger partial charge in [0.1, 0.15) is 0 Å². The van der Waals surface area contributed by atoms with Gasteiger partial charge in [-0.1, -0.05) is 39.0 Å². The summed E-state index contributed by atoms with van der Waals surface area (Å²) in [5.41, 5.74) is 0. The summed E-state index contributed by atoms with van der Waals surface area (Å²) in [6, 6.07) is 0. The quantitative estimate of drug-likeness (QED) is 0.472. The summed E-state index contributed by atoms with van der Waals surface area (Å²) in [7, 11) is 0. The largest absolute Gasteiger partial charge is 0.478 e. The van der Waals surface area contributed by atoms with Crippen molar-refractivity contribution in [2.24, 2.45) is 0 Å². The van der Waals surface area contributed by atoms with E-state index in [1.807, 2.05) is 0 Å². The van der Waals surface area contributed by atoms with Crippen LogP contribution in [0.2, 0.25) is 0 Å². The van der Waals surface area contributed by atoms with Gasteiger partial charge in [-0.3, -0.25) is 4.79 Å². The Hall–Kier alpha value is -1.12. The molecule has 0 bridgehead atoms. The molecule has 0 aliphatic carbocycles. The van der Waals surface area contributed by atoms with E-state index in [9.17, 15) is 9.59 Å². The van der Waals surface area contributed by atoms with E-state index in [4.69, 9.17) is 5.11 Å². The zero-order valence-electron chi connectivity index (χ0n) is 9.37. The zero-order valence-corrected chi connectivity index (χ0v) is 9.37. The number of aliphatic carboxylic acids is 1. The molecule has 0 saturated carbocycles. The normalized spacial score (nSPS) is 10.7. The molecule has 0 saturated heterocycles. The van der Waals surface area contributed by atoms with Gasteiger partial charge in [0.05, 0.1) is 0 Å². The average Bonchev–Trinajstić information content (AvgIpc) is 2.20. The van der Waals surface area contributed by atoms with E-state index < -0.39 is 5.97 Å². The Morgan fingerprint density at radius 3 is 2.20 bits per heavy atom. The van der Waals surface area contributed by atoms with Gasteiger partial charge in [0.25, 0.3) is 0 Å². The number of allylic oxidation sites excluding steroid dienone is 1. The SMILES string of the molecule is CCCCCCCCC(=O)/C=C\C(=O)O. The van der Waals surface area contributed by atoms with Crippen molar-refractivity contribution in [3.05, 3.63) is 12.2 Å². The minimum Gasteiger partial charge on any atom is -0.478 e. The molecule has 0 rings (SSSR count). The van der Waals surface area contributed by atoms with E-state index in [0.717, 1.165) is 25.0 Å². The van der Waals surface area contributed by atoms with E-state index in [1.54, 1.807) is 0 Å². The van der Waals surface area contributed by atoms with Gasteiger partial charge in [-0.2, -0.15) is 0 Å². The molecule has 86 valence electrons. The Labute approximate surface area is 91.2 Å². The molecule has 0 atom stereocenters. The molecule has 0 unspecified atom stereocenters. The summed E-state index contributed by atoms with van der Waals surface area (Å²) in [6.45, 7) is 2.17. The van der Waals surface area contributed by atoms with Crippen LogP contribution in [0.1, 0.15) is 51.9 Å². The summed E-state index contributed by atoms with van der Waals surface area (Å²) in [5.74, 6) is -1.15. The minimum atomic E-state index is -1.06. The molecular weight excluding hydrogens is 192 g/mol. The van der Waals surface area contributed by atoms with Crippen molar-refractivity contribution < 1.29 is 14.7 Å². The van der Waals surface area contributed by atoms with Crippen molar-refractivity contribution in [2.75, 3.05) is 0 Å². The lowest BCUT2D eigenvalue weighted by atomic mass is 10.1. The second kappa shape index (κ2) is 9.44. The molecule has 3 nitrogen and oxygen atoms in total. The smallest absolute Gasteiger partial charge is 0.328 e. The molecule has 0 fully saturated rings. The summed E-state index contributed by atoms with van der Waals surface area (Å²) in [6.07, 6.45) is 9.33. The third-order valence-corrected chi connectivity index (χ3v) is 2.19. The summed E-state index contributed by atoms with van der Waals surface area (Å²) in [4.78, 5) is 21.2. The summed E-state index contributed by atoms with van der Waals surface area (Å²) in [5, 5.41) is 8.29. The van der Waals surface area contributed by atoms with Crippen LogP contribution in [0.25, 0.3) is 0 Å². The number of carboxylic acids is 1. The standard InChI is InChI=1S/C12H20O3/c1-2-3-4-5-6-7-8-11(13)9-10-12(14)15/h9-10H,2-8H2,1H3,(H,14,15)/b10-9-. The second-order valence-electron chi connectivity index (χ2n) is 3.66. The fourth-order valence-corrected chi connectivity index (χ4v) is 1.33. The predicted octanol–water partition coefficient (Wildman–Crippen LogP) is 2.95. The fraction of sp³-hybridized carbons (Fsp3) is 0.667. The van der Waals surface area contributed by atoms with Crippen LogP contribution >= 0.6 is 0 Å². The van der Waals surface area contributed by atoms with Crippen molar-refractivity contribution in [3.63, 3.8) is 0 Å². The number of carbonyl (C=O) groups is 2. The van der Waals surface area contributed by atoms with Crippen LogP contribution in [0.15, 0.2) is 12.2 Å². The molecule has 0 aromatic rings. The Kier molecular flexibility index (Phi) is 8.73. The van der Waals surface area contributed by atoms with E-state index in [-0.39, 0.29) is 5.78 Å². The first-order chi connectivity index (χ1) is 7.16. The molecule has 3 heteroatoms. The Balaban J connectivity index is 3.35. The van der Waals surface area contributed by atoms with E-state index >= 15 is 0 Å². The lowest BCUT2D eigenvalue weighted by molar-refractivity contribution is -0.131. The molecule has 0 radical (unpaired) electrons. The first-order valence-electron chi connectivity index (χ1n) is 5.60. The number of rotatable bonds is 9. The van der Waals surface area contributed by atoms with E-state index in [2.05, 4.69) is 6.92 Å². The molecule has 0 heterocycles. The van der Waals surface area contributed by atoms with Crippen LogP contribution in [-0.2, 0) is 9.59 Å². The highest BCUT2D eigenvalue weighted by Crippen LogP contribution is 2.07. The Morgan fingerprint density at radius 2 is 1.60 bits per heavy atom. The maximum Gasteiger partial charge on any atom is 0.328 e. The van der Waals surface area contributed by atoms with Gasteiger partial charge in [-0.15, -0.1) is 0 Å². The third kappa shape index (κ3) is 10.8. The highest BCUT2D eigenvalue weighted by Gasteiger charge is 1.97.